The lowest BCUT2D eigenvalue weighted by atomic mass is 10.2. The second-order valence-electron chi connectivity index (χ2n) is 5.02. The van der Waals surface area contributed by atoms with Crippen molar-refractivity contribution in [3.63, 3.8) is 0 Å². The van der Waals surface area contributed by atoms with Gasteiger partial charge in [-0.3, -0.25) is 0 Å². The Balaban J connectivity index is 1.79. The summed E-state index contributed by atoms with van der Waals surface area (Å²) < 4.78 is 44.5. The quantitative estimate of drug-likeness (QED) is 0.671. The predicted molar refractivity (Wildman–Crippen MR) is 78.2 cm³/mol. The molecule has 23 heavy (non-hydrogen) atoms. The molecule has 0 N–H and O–H groups in total. The van der Waals surface area contributed by atoms with Gasteiger partial charge in [-0.25, -0.2) is 9.13 Å². The van der Waals surface area contributed by atoms with Crippen LogP contribution in [0.25, 0.3) is 5.69 Å². The van der Waals surface area contributed by atoms with Crippen molar-refractivity contribution in [1.82, 2.24) is 4.57 Å². The fourth-order valence-electron chi connectivity index (χ4n) is 2.28. The number of halogens is 3. The first kappa shape index (κ1) is 15.1. The maximum Gasteiger partial charge on any atom is 0.573 e. The van der Waals surface area contributed by atoms with E-state index in [9.17, 15) is 13.2 Å². The van der Waals surface area contributed by atoms with E-state index in [2.05, 4.69) is 4.74 Å². The normalized spacial score (nSPS) is 11.4. The summed E-state index contributed by atoms with van der Waals surface area (Å²) in [6, 6.07) is 15.8. The molecule has 2 aromatic carbocycles. The molecule has 0 saturated heterocycles. The van der Waals surface area contributed by atoms with E-state index in [1.807, 2.05) is 47.4 Å². The lowest BCUT2D eigenvalue weighted by Crippen LogP contribution is -2.31. The Labute approximate surface area is 131 Å². The molecule has 0 amide bonds. The minimum atomic E-state index is -4.69. The van der Waals surface area contributed by atoms with Gasteiger partial charge in [0, 0.05) is 6.07 Å². The van der Waals surface area contributed by atoms with Crippen molar-refractivity contribution < 1.29 is 22.5 Å². The molecular weight excluding hydrogens is 305 g/mol. The van der Waals surface area contributed by atoms with E-state index < -0.39 is 6.36 Å². The summed E-state index contributed by atoms with van der Waals surface area (Å²) >= 11 is 0. The molecule has 3 nitrogen and oxygen atoms in total. The summed E-state index contributed by atoms with van der Waals surface area (Å²) in [7, 11) is 0. The summed E-state index contributed by atoms with van der Waals surface area (Å²) in [5, 5.41) is 0. The Kier molecular flexibility index (Phi) is 4.06. The molecule has 0 spiro atoms. The van der Waals surface area contributed by atoms with Crippen LogP contribution in [0.5, 0.6) is 5.75 Å². The third-order valence-electron chi connectivity index (χ3n) is 3.25. The van der Waals surface area contributed by atoms with E-state index in [-0.39, 0.29) is 5.75 Å². The number of alkyl halides is 3. The van der Waals surface area contributed by atoms with Crippen molar-refractivity contribution in [3.8, 4) is 11.4 Å². The Morgan fingerprint density at radius 3 is 2.52 bits per heavy atom. The topological polar surface area (TPSA) is 18.0 Å². The summed E-state index contributed by atoms with van der Waals surface area (Å²) in [5.41, 5.74) is 1.74. The van der Waals surface area contributed by atoms with Crippen molar-refractivity contribution >= 4 is 0 Å². The van der Waals surface area contributed by atoms with E-state index in [0.29, 0.717) is 12.2 Å². The van der Waals surface area contributed by atoms with E-state index in [0.717, 1.165) is 5.56 Å². The summed E-state index contributed by atoms with van der Waals surface area (Å²) in [5.74, 6) is -0.238. The Morgan fingerprint density at radius 2 is 1.78 bits per heavy atom. The molecule has 6 heteroatoms. The van der Waals surface area contributed by atoms with Gasteiger partial charge in [-0.05, 0) is 17.7 Å². The zero-order valence-electron chi connectivity index (χ0n) is 12.1. The van der Waals surface area contributed by atoms with E-state index >= 15 is 0 Å². The van der Waals surface area contributed by atoms with Crippen LogP contribution in [0.15, 0.2) is 73.3 Å². The third-order valence-corrected chi connectivity index (χ3v) is 3.25. The molecule has 1 heterocycles. The molecule has 0 aliphatic carbocycles. The van der Waals surface area contributed by atoms with Crippen molar-refractivity contribution in [2.75, 3.05) is 0 Å². The summed E-state index contributed by atoms with van der Waals surface area (Å²) in [6.45, 7) is 0.687. The zero-order chi connectivity index (χ0) is 16.3. The van der Waals surface area contributed by atoms with Gasteiger partial charge in [-0.15, -0.1) is 13.2 Å². The molecule has 0 bridgehead atoms. The van der Waals surface area contributed by atoms with Crippen molar-refractivity contribution in [3.05, 3.63) is 78.9 Å². The van der Waals surface area contributed by atoms with Crippen LogP contribution in [0.4, 0.5) is 13.2 Å². The number of hydrogen-bond acceptors (Lipinski definition) is 1. The van der Waals surface area contributed by atoms with Gasteiger partial charge in [0.15, 0.2) is 0 Å². The highest BCUT2D eigenvalue weighted by Crippen LogP contribution is 2.24. The largest absolute Gasteiger partial charge is 0.573 e. The maximum atomic E-state index is 12.3. The number of rotatable bonds is 4. The highest BCUT2D eigenvalue weighted by Gasteiger charge is 2.31. The molecule has 118 valence electrons. The van der Waals surface area contributed by atoms with Gasteiger partial charge in [0.1, 0.15) is 30.4 Å². The molecule has 0 atom stereocenters. The van der Waals surface area contributed by atoms with E-state index in [4.69, 9.17) is 0 Å². The van der Waals surface area contributed by atoms with Gasteiger partial charge in [0.2, 0.25) is 6.33 Å². The minimum Gasteiger partial charge on any atom is -0.406 e. The van der Waals surface area contributed by atoms with Gasteiger partial charge >= 0.3 is 6.36 Å². The number of hydrogen-bond donors (Lipinski definition) is 0. The molecule has 0 fully saturated rings. The van der Waals surface area contributed by atoms with Gasteiger partial charge in [0.05, 0.1) is 0 Å². The fraction of sp³-hybridized carbons (Fsp3) is 0.118. The fourth-order valence-corrected chi connectivity index (χ4v) is 2.28. The van der Waals surface area contributed by atoms with Gasteiger partial charge in [-0.1, -0.05) is 36.4 Å². The molecular formula is C17H14F3N2O+. The molecule has 0 radical (unpaired) electrons. The predicted octanol–water partition coefficient (Wildman–Crippen LogP) is 3.71. The van der Waals surface area contributed by atoms with Crippen molar-refractivity contribution in [2.24, 2.45) is 0 Å². The number of nitrogens with zero attached hydrogens (tertiary/aromatic N) is 2. The number of imidazole rings is 1. The van der Waals surface area contributed by atoms with Crippen LogP contribution in [-0.4, -0.2) is 10.9 Å². The van der Waals surface area contributed by atoms with Crippen LogP contribution in [0.1, 0.15) is 5.56 Å². The maximum absolute atomic E-state index is 12.3. The lowest BCUT2D eigenvalue weighted by molar-refractivity contribution is -0.687. The van der Waals surface area contributed by atoms with Crippen LogP contribution < -0.4 is 9.30 Å². The first-order chi connectivity index (χ1) is 11.0. The first-order valence-electron chi connectivity index (χ1n) is 6.97. The van der Waals surface area contributed by atoms with E-state index in [1.165, 1.54) is 18.2 Å². The van der Waals surface area contributed by atoms with Crippen LogP contribution in [0.3, 0.4) is 0 Å². The SMILES string of the molecule is FC(F)(F)Oc1cccc(-n2cc[n+](Cc3ccccc3)c2)c1. The van der Waals surface area contributed by atoms with E-state index in [1.54, 1.807) is 16.8 Å². The molecule has 1 aromatic heterocycles. The number of ether oxygens (including phenoxy) is 1. The molecule has 3 aromatic rings. The molecule has 3 rings (SSSR count). The number of aromatic nitrogens is 2. The highest BCUT2D eigenvalue weighted by atomic mass is 19.4. The van der Waals surface area contributed by atoms with Crippen molar-refractivity contribution in [1.29, 1.82) is 0 Å². The molecule has 0 saturated carbocycles. The lowest BCUT2D eigenvalue weighted by Gasteiger charge is -2.08. The van der Waals surface area contributed by atoms with Crippen LogP contribution >= 0.6 is 0 Å². The van der Waals surface area contributed by atoms with Crippen LogP contribution in [-0.2, 0) is 6.54 Å². The first-order valence-corrected chi connectivity index (χ1v) is 6.97. The molecule has 0 aliphatic rings. The molecule has 0 aliphatic heterocycles. The standard InChI is InChI=1S/C17H14F3N2O/c18-17(19,20)23-16-8-4-7-15(11-16)22-10-9-21(13-22)12-14-5-2-1-3-6-14/h1-11,13H,12H2/q+1. The Morgan fingerprint density at radius 1 is 1.00 bits per heavy atom. The zero-order valence-corrected chi connectivity index (χ0v) is 12.1. The Bertz CT molecular complexity index is 782. The third kappa shape index (κ3) is 4.12. The van der Waals surface area contributed by atoms with Gasteiger partial charge in [0.25, 0.3) is 0 Å². The Hall–Kier alpha value is -2.76. The van der Waals surface area contributed by atoms with Gasteiger partial charge < -0.3 is 4.74 Å². The van der Waals surface area contributed by atoms with Gasteiger partial charge in [-0.2, -0.15) is 0 Å². The van der Waals surface area contributed by atoms with Crippen molar-refractivity contribution in [2.45, 2.75) is 12.9 Å². The average molecular weight is 319 g/mol. The minimum absolute atomic E-state index is 0.238. The summed E-state index contributed by atoms with van der Waals surface area (Å²) in [4.78, 5) is 0. The monoisotopic (exact) mass is 319 g/mol. The van der Waals surface area contributed by atoms with Crippen LogP contribution in [0.2, 0.25) is 0 Å². The smallest absolute Gasteiger partial charge is 0.406 e. The molecule has 0 unspecified atom stereocenters. The second-order valence-corrected chi connectivity index (χ2v) is 5.02. The average Bonchev–Trinajstić information content (AvgIpc) is 2.95. The highest BCUT2D eigenvalue weighted by molar-refractivity contribution is 5.38. The number of benzene rings is 2. The summed E-state index contributed by atoms with van der Waals surface area (Å²) in [6.07, 6.45) is 0.780. The van der Waals surface area contributed by atoms with Crippen LogP contribution in [0, 0.1) is 0 Å². The second kappa shape index (κ2) is 6.16.